The van der Waals surface area contributed by atoms with E-state index in [1.54, 1.807) is 12.0 Å². The third-order valence-corrected chi connectivity index (χ3v) is 6.64. The summed E-state index contributed by atoms with van der Waals surface area (Å²) in [6.07, 6.45) is 7.08. The normalized spacial score (nSPS) is 14.7. The van der Waals surface area contributed by atoms with E-state index in [1.807, 2.05) is 56.3 Å². The third kappa shape index (κ3) is 8.30. The monoisotopic (exact) mass is 480 g/mol. The summed E-state index contributed by atoms with van der Waals surface area (Å²) < 4.78 is 11.0. The summed E-state index contributed by atoms with van der Waals surface area (Å²) in [5, 5.41) is 3.23. The van der Waals surface area contributed by atoms with Gasteiger partial charge in [-0.3, -0.25) is 9.59 Å². The second kappa shape index (κ2) is 13.8. The van der Waals surface area contributed by atoms with E-state index in [1.165, 1.54) is 6.42 Å². The Balaban J connectivity index is 1.63. The fraction of sp³-hybridized carbons (Fsp3) is 0.517. The van der Waals surface area contributed by atoms with Gasteiger partial charge in [-0.1, -0.05) is 56.0 Å². The summed E-state index contributed by atoms with van der Waals surface area (Å²) >= 11 is 0. The third-order valence-electron chi connectivity index (χ3n) is 6.64. The van der Waals surface area contributed by atoms with E-state index in [-0.39, 0.29) is 17.9 Å². The lowest BCUT2D eigenvalue weighted by Crippen LogP contribution is -2.51. The Hall–Kier alpha value is -3.02. The van der Waals surface area contributed by atoms with Gasteiger partial charge in [0, 0.05) is 19.0 Å². The molecule has 0 radical (unpaired) electrons. The van der Waals surface area contributed by atoms with Gasteiger partial charge < -0.3 is 19.7 Å². The van der Waals surface area contributed by atoms with Gasteiger partial charge in [-0.05, 0) is 62.4 Å². The molecule has 3 rings (SSSR count). The molecule has 1 saturated carbocycles. The highest BCUT2D eigenvalue weighted by Gasteiger charge is 2.30. The van der Waals surface area contributed by atoms with Gasteiger partial charge in [-0.25, -0.2) is 0 Å². The van der Waals surface area contributed by atoms with E-state index >= 15 is 0 Å². The zero-order chi connectivity index (χ0) is 25.0. The zero-order valence-electron chi connectivity index (χ0n) is 21.4. The van der Waals surface area contributed by atoms with Crippen LogP contribution in [-0.4, -0.2) is 42.5 Å². The molecule has 1 fully saturated rings. The van der Waals surface area contributed by atoms with Crippen LogP contribution in [0.1, 0.15) is 69.4 Å². The maximum absolute atomic E-state index is 13.4. The van der Waals surface area contributed by atoms with Crippen molar-refractivity contribution in [3.05, 3.63) is 59.7 Å². The summed E-state index contributed by atoms with van der Waals surface area (Å²) in [7, 11) is 1.63. The van der Waals surface area contributed by atoms with Crippen molar-refractivity contribution in [3.8, 4) is 11.5 Å². The first-order valence-electron chi connectivity index (χ1n) is 12.9. The van der Waals surface area contributed by atoms with Gasteiger partial charge in [0.25, 0.3) is 0 Å². The van der Waals surface area contributed by atoms with Crippen LogP contribution in [0.5, 0.6) is 11.5 Å². The number of methoxy groups -OCH3 is 1. The molecular formula is C29H40N2O4. The van der Waals surface area contributed by atoms with Gasteiger partial charge in [0.05, 0.1) is 13.7 Å². The van der Waals surface area contributed by atoms with Crippen molar-refractivity contribution in [2.45, 2.75) is 83.8 Å². The van der Waals surface area contributed by atoms with E-state index in [0.29, 0.717) is 32.4 Å². The van der Waals surface area contributed by atoms with Crippen LogP contribution in [0.3, 0.4) is 0 Å². The smallest absolute Gasteiger partial charge is 0.243 e. The molecule has 1 unspecified atom stereocenters. The number of ether oxygens (including phenoxy) is 2. The number of carbonyl (C=O) groups excluding carboxylic acids is 2. The van der Waals surface area contributed by atoms with Crippen LogP contribution in [0.4, 0.5) is 0 Å². The highest BCUT2D eigenvalue weighted by molar-refractivity contribution is 5.87. The molecule has 0 heterocycles. The van der Waals surface area contributed by atoms with Gasteiger partial charge in [-0.2, -0.15) is 0 Å². The number of nitrogens with one attached hydrogen (secondary N) is 1. The number of hydrogen-bond donors (Lipinski definition) is 1. The topological polar surface area (TPSA) is 67.9 Å². The van der Waals surface area contributed by atoms with Crippen LogP contribution < -0.4 is 14.8 Å². The zero-order valence-corrected chi connectivity index (χ0v) is 21.4. The highest BCUT2D eigenvalue weighted by Crippen LogP contribution is 2.20. The van der Waals surface area contributed by atoms with Crippen molar-refractivity contribution in [2.75, 3.05) is 13.7 Å². The van der Waals surface area contributed by atoms with Gasteiger partial charge in [-0.15, -0.1) is 0 Å². The molecule has 0 saturated heterocycles. The quantitative estimate of drug-likeness (QED) is 0.412. The number of nitrogens with zero attached hydrogens (tertiary/aromatic N) is 1. The van der Waals surface area contributed by atoms with E-state index in [4.69, 9.17) is 9.47 Å². The minimum atomic E-state index is -0.479. The Bertz CT molecular complexity index is 938. The van der Waals surface area contributed by atoms with E-state index in [2.05, 4.69) is 11.4 Å². The summed E-state index contributed by atoms with van der Waals surface area (Å²) in [6, 6.07) is 15.3. The SMILES string of the molecule is CCC(C(=O)NC1CCCCC1)N(Cc1cccc(C)c1)C(=O)CCCOc1ccc(OC)cc1. The molecule has 1 N–H and O–H groups in total. The second-order valence-electron chi connectivity index (χ2n) is 9.41. The molecule has 1 aliphatic rings. The largest absolute Gasteiger partial charge is 0.497 e. The van der Waals surface area contributed by atoms with Crippen LogP contribution in [0, 0.1) is 6.92 Å². The summed E-state index contributed by atoms with van der Waals surface area (Å²) in [5.41, 5.74) is 2.18. The van der Waals surface area contributed by atoms with Crippen molar-refractivity contribution >= 4 is 11.8 Å². The van der Waals surface area contributed by atoms with Gasteiger partial charge in [0.2, 0.25) is 11.8 Å². The van der Waals surface area contributed by atoms with Crippen LogP contribution >= 0.6 is 0 Å². The minimum absolute atomic E-state index is 0.0181. The van der Waals surface area contributed by atoms with E-state index in [9.17, 15) is 9.59 Å². The number of amides is 2. The Morgan fingerprint density at radius 3 is 2.43 bits per heavy atom. The summed E-state index contributed by atoms with van der Waals surface area (Å²) in [6.45, 7) is 4.88. The second-order valence-corrected chi connectivity index (χ2v) is 9.41. The molecule has 190 valence electrons. The van der Waals surface area contributed by atoms with E-state index in [0.717, 1.165) is 48.3 Å². The first-order chi connectivity index (χ1) is 17.0. The molecular weight excluding hydrogens is 440 g/mol. The lowest BCUT2D eigenvalue weighted by molar-refractivity contribution is -0.142. The number of hydrogen-bond acceptors (Lipinski definition) is 4. The lowest BCUT2D eigenvalue weighted by atomic mass is 9.95. The van der Waals surface area contributed by atoms with Gasteiger partial charge in [0.1, 0.15) is 17.5 Å². The molecule has 0 bridgehead atoms. The van der Waals surface area contributed by atoms with Gasteiger partial charge >= 0.3 is 0 Å². The maximum atomic E-state index is 13.4. The number of carbonyl (C=O) groups is 2. The number of rotatable bonds is 12. The maximum Gasteiger partial charge on any atom is 0.243 e. The molecule has 2 amide bonds. The van der Waals surface area contributed by atoms with Crippen LogP contribution in [0.25, 0.3) is 0 Å². The number of benzene rings is 2. The standard InChI is InChI=1S/C29H40N2O4/c1-4-27(29(33)30-24-12-6-5-7-13-24)31(21-23-11-8-10-22(2)20-23)28(32)14-9-19-35-26-17-15-25(34-3)16-18-26/h8,10-11,15-18,20,24,27H,4-7,9,12-14,19,21H2,1-3H3,(H,30,33). The van der Waals surface area contributed by atoms with E-state index < -0.39 is 6.04 Å². The predicted octanol–water partition coefficient (Wildman–Crippen LogP) is 5.42. The van der Waals surface area contributed by atoms with Crippen molar-refractivity contribution in [2.24, 2.45) is 0 Å². The molecule has 6 heteroatoms. The first kappa shape index (κ1) is 26.6. The van der Waals surface area contributed by atoms with Crippen molar-refractivity contribution in [1.29, 1.82) is 0 Å². The van der Waals surface area contributed by atoms with Crippen molar-refractivity contribution < 1.29 is 19.1 Å². The van der Waals surface area contributed by atoms with Crippen molar-refractivity contribution in [3.63, 3.8) is 0 Å². The Morgan fingerprint density at radius 1 is 1.06 bits per heavy atom. The molecule has 1 aliphatic carbocycles. The first-order valence-corrected chi connectivity index (χ1v) is 12.9. The van der Waals surface area contributed by atoms with Crippen LogP contribution in [-0.2, 0) is 16.1 Å². The predicted molar refractivity (Wildman–Crippen MR) is 139 cm³/mol. The molecule has 0 spiro atoms. The lowest BCUT2D eigenvalue weighted by Gasteiger charge is -2.33. The van der Waals surface area contributed by atoms with Gasteiger partial charge in [0.15, 0.2) is 0 Å². The Morgan fingerprint density at radius 2 is 1.77 bits per heavy atom. The van der Waals surface area contributed by atoms with Crippen LogP contribution in [0.2, 0.25) is 0 Å². The van der Waals surface area contributed by atoms with Crippen LogP contribution in [0.15, 0.2) is 48.5 Å². The fourth-order valence-electron chi connectivity index (χ4n) is 4.70. The Kier molecular flexibility index (Phi) is 10.5. The fourth-order valence-corrected chi connectivity index (χ4v) is 4.70. The molecule has 2 aromatic carbocycles. The molecule has 2 aromatic rings. The molecule has 1 atom stereocenters. The summed E-state index contributed by atoms with van der Waals surface area (Å²) in [5.74, 6) is 1.47. The highest BCUT2D eigenvalue weighted by atomic mass is 16.5. The molecule has 35 heavy (non-hydrogen) atoms. The minimum Gasteiger partial charge on any atom is -0.497 e. The Labute approximate surface area is 210 Å². The molecule has 0 aromatic heterocycles. The average molecular weight is 481 g/mol. The average Bonchev–Trinajstić information content (AvgIpc) is 2.87. The molecule has 0 aliphatic heterocycles. The molecule has 6 nitrogen and oxygen atoms in total. The number of aryl methyl sites for hydroxylation is 1. The van der Waals surface area contributed by atoms with Crippen molar-refractivity contribution in [1.82, 2.24) is 10.2 Å². The summed E-state index contributed by atoms with van der Waals surface area (Å²) in [4.78, 5) is 28.4.